The van der Waals surface area contributed by atoms with E-state index in [-0.39, 0.29) is 18.5 Å². The van der Waals surface area contributed by atoms with Crippen LogP contribution in [0.5, 0.6) is 0 Å². The zero-order valence-electron chi connectivity index (χ0n) is 15.5. The Kier molecular flexibility index (Phi) is 6.86. The molecule has 0 saturated heterocycles. The van der Waals surface area contributed by atoms with Crippen molar-refractivity contribution < 1.29 is 9.21 Å². The van der Waals surface area contributed by atoms with Crippen LogP contribution in [0.3, 0.4) is 0 Å². The lowest BCUT2D eigenvalue weighted by molar-refractivity contribution is -0.127. The molecule has 2 aromatic rings. The predicted octanol–water partition coefficient (Wildman–Crippen LogP) is 2.92. The van der Waals surface area contributed by atoms with Gasteiger partial charge in [-0.3, -0.25) is 4.79 Å². The lowest BCUT2D eigenvalue weighted by Gasteiger charge is -2.17. The molecule has 0 saturated carbocycles. The molecule has 1 unspecified atom stereocenters. The van der Waals surface area contributed by atoms with Crippen molar-refractivity contribution in [3.05, 3.63) is 36.1 Å². The van der Waals surface area contributed by atoms with Crippen molar-refractivity contribution in [1.29, 1.82) is 0 Å². The molecular weight excluding hydrogens is 316 g/mol. The summed E-state index contributed by atoms with van der Waals surface area (Å²) in [5, 5.41) is 7.67. The average Bonchev–Trinajstić information content (AvgIpc) is 3.03. The number of unbranched alkanes of at least 4 members (excludes halogenated alkanes) is 1. The van der Waals surface area contributed by atoms with E-state index in [0.29, 0.717) is 5.96 Å². The first-order valence-electron chi connectivity index (χ1n) is 8.74. The largest absolute Gasteiger partial charge is 0.459 e. The molecule has 2 N–H and O–H groups in total. The second-order valence-corrected chi connectivity index (χ2v) is 6.29. The summed E-state index contributed by atoms with van der Waals surface area (Å²) in [7, 11) is 3.46. The van der Waals surface area contributed by atoms with Crippen molar-refractivity contribution in [3.63, 3.8) is 0 Å². The summed E-state index contributed by atoms with van der Waals surface area (Å²) < 4.78 is 5.90. The molecule has 0 radical (unpaired) electrons. The van der Waals surface area contributed by atoms with E-state index >= 15 is 0 Å². The number of likely N-dealkylation sites (N-methyl/N-ethyl adjacent to an activating group) is 1. The Morgan fingerprint density at radius 2 is 2.08 bits per heavy atom. The van der Waals surface area contributed by atoms with Crippen LogP contribution in [0.1, 0.15) is 38.5 Å². The van der Waals surface area contributed by atoms with Crippen LogP contribution in [-0.4, -0.2) is 44.0 Å². The van der Waals surface area contributed by atoms with Crippen molar-refractivity contribution in [2.45, 2.75) is 32.7 Å². The van der Waals surface area contributed by atoms with E-state index in [4.69, 9.17) is 4.42 Å². The quantitative estimate of drug-likeness (QED) is 0.460. The van der Waals surface area contributed by atoms with Crippen LogP contribution in [0.15, 0.2) is 39.7 Å². The Balaban J connectivity index is 2.07. The number of benzene rings is 1. The number of guanidine groups is 1. The highest BCUT2D eigenvalue weighted by molar-refractivity contribution is 5.85. The smallest absolute Gasteiger partial charge is 0.243 e. The van der Waals surface area contributed by atoms with Gasteiger partial charge in [-0.1, -0.05) is 31.5 Å². The topological polar surface area (TPSA) is 69.9 Å². The van der Waals surface area contributed by atoms with Gasteiger partial charge < -0.3 is 20.0 Å². The van der Waals surface area contributed by atoms with Gasteiger partial charge in [0.15, 0.2) is 5.96 Å². The van der Waals surface area contributed by atoms with E-state index in [9.17, 15) is 4.79 Å². The SMILES string of the molecule is CCCCNC(=NCC(=O)N(C)C)NC(C)c1cc2ccccc2o1. The van der Waals surface area contributed by atoms with Gasteiger partial charge in [0.1, 0.15) is 17.9 Å². The molecule has 1 aromatic heterocycles. The number of para-hydroxylation sites is 1. The number of furan rings is 1. The minimum atomic E-state index is -0.0604. The highest BCUT2D eigenvalue weighted by Gasteiger charge is 2.13. The highest BCUT2D eigenvalue weighted by atomic mass is 16.3. The maximum atomic E-state index is 11.8. The number of carbonyl (C=O) groups excluding carboxylic acids is 1. The fraction of sp³-hybridized carbons (Fsp3) is 0.474. The van der Waals surface area contributed by atoms with E-state index in [2.05, 4.69) is 22.5 Å². The second kappa shape index (κ2) is 9.11. The Morgan fingerprint density at radius 1 is 1.32 bits per heavy atom. The highest BCUT2D eigenvalue weighted by Crippen LogP contribution is 2.23. The molecule has 0 spiro atoms. The van der Waals surface area contributed by atoms with Gasteiger partial charge in [-0.2, -0.15) is 0 Å². The van der Waals surface area contributed by atoms with E-state index in [1.807, 2.05) is 37.3 Å². The molecule has 0 aliphatic heterocycles. The number of aliphatic imine (C=N–C) groups is 1. The molecule has 2 rings (SSSR count). The fourth-order valence-corrected chi connectivity index (χ4v) is 2.32. The lowest BCUT2D eigenvalue weighted by Crippen LogP contribution is -2.40. The molecule has 6 nitrogen and oxygen atoms in total. The zero-order chi connectivity index (χ0) is 18.2. The van der Waals surface area contributed by atoms with E-state index < -0.39 is 0 Å². The number of nitrogens with zero attached hydrogens (tertiary/aromatic N) is 2. The van der Waals surface area contributed by atoms with Gasteiger partial charge in [-0.15, -0.1) is 0 Å². The van der Waals surface area contributed by atoms with Crippen molar-refractivity contribution in [3.8, 4) is 0 Å². The summed E-state index contributed by atoms with van der Waals surface area (Å²) in [4.78, 5) is 17.7. The van der Waals surface area contributed by atoms with Gasteiger partial charge in [0, 0.05) is 26.0 Å². The van der Waals surface area contributed by atoms with Crippen molar-refractivity contribution in [2.75, 3.05) is 27.2 Å². The third-order valence-corrected chi connectivity index (χ3v) is 3.92. The maximum absolute atomic E-state index is 11.8. The van der Waals surface area contributed by atoms with Crippen LogP contribution in [0.25, 0.3) is 11.0 Å². The normalized spacial score (nSPS) is 12.9. The number of hydrogen-bond donors (Lipinski definition) is 2. The molecule has 0 bridgehead atoms. The van der Waals surface area contributed by atoms with E-state index in [1.54, 1.807) is 14.1 Å². The van der Waals surface area contributed by atoms with Crippen LogP contribution in [-0.2, 0) is 4.79 Å². The molecule has 1 heterocycles. The molecule has 0 aliphatic carbocycles. The lowest BCUT2D eigenvalue weighted by atomic mass is 10.2. The van der Waals surface area contributed by atoms with Crippen LogP contribution < -0.4 is 10.6 Å². The summed E-state index contributed by atoms with van der Waals surface area (Å²) >= 11 is 0. The third-order valence-electron chi connectivity index (χ3n) is 3.92. The first kappa shape index (κ1) is 18.8. The number of amides is 1. The van der Waals surface area contributed by atoms with E-state index in [0.717, 1.165) is 36.1 Å². The molecule has 0 aliphatic rings. The van der Waals surface area contributed by atoms with Gasteiger partial charge in [-0.05, 0) is 25.5 Å². The van der Waals surface area contributed by atoms with Gasteiger partial charge in [0.05, 0.1) is 6.04 Å². The molecule has 1 amide bonds. The van der Waals surface area contributed by atoms with Crippen LogP contribution in [0, 0.1) is 0 Å². The van der Waals surface area contributed by atoms with Crippen molar-refractivity contribution in [2.24, 2.45) is 4.99 Å². The molecular formula is C19H28N4O2. The number of fused-ring (bicyclic) bond motifs is 1. The minimum absolute atomic E-state index is 0.0343. The average molecular weight is 344 g/mol. The second-order valence-electron chi connectivity index (χ2n) is 6.29. The summed E-state index contributed by atoms with van der Waals surface area (Å²) in [5.41, 5.74) is 0.867. The van der Waals surface area contributed by atoms with Crippen molar-refractivity contribution in [1.82, 2.24) is 15.5 Å². The molecule has 25 heavy (non-hydrogen) atoms. The predicted molar refractivity (Wildman–Crippen MR) is 102 cm³/mol. The molecule has 1 atom stereocenters. The molecule has 136 valence electrons. The van der Waals surface area contributed by atoms with Gasteiger partial charge >= 0.3 is 0 Å². The Labute approximate surface area is 149 Å². The van der Waals surface area contributed by atoms with Crippen LogP contribution in [0.2, 0.25) is 0 Å². The van der Waals surface area contributed by atoms with E-state index in [1.165, 1.54) is 4.90 Å². The minimum Gasteiger partial charge on any atom is -0.459 e. The summed E-state index contributed by atoms with van der Waals surface area (Å²) in [6.45, 7) is 5.08. The Hall–Kier alpha value is -2.50. The zero-order valence-corrected chi connectivity index (χ0v) is 15.5. The monoisotopic (exact) mass is 344 g/mol. The first-order chi connectivity index (χ1) is 12.0. The molecule has 0 fully saturated rings. The maximum Gasteiger partial charge on any atom is 0.243 e. The number of hydrogen-bond acceptors (Lipinski definition) is 3. The Bertz CT molecular complexity index is 688. The Morgan fingerprint density at radius 3 is 2.76 bits per heavy atom. The van der Waals surface area contributed by atoms with Crippen LogP contribution in [0.4, 0.5) is 0 Å². The summed E-state index contributed by atoms with van der Waals surface area (Å²) in [6, 6.07) is 9.90. The third kappa shape index (κ3) is 5.52. The van der Waals surface area contributed by atoms with Crippen molar-refractivity contribution >= 4 is 22.8 Å². The number of nitrogens with one attached hydrogen (secondary N) is 2. The number of carbonyl (C=O) groups is 1. The number of rotatable bonds is 7. The summed E-state index contributed by atoms with van der Waals surface area (Å²) in [6.07, 6.45) is 2.14. The fourth-order valence-electron chi connectivity index (χ4n) is 2.32. The molecule has 6 heteroatoms. The van der Waals surface area contributed by atoms with Gasteiger partial charge in [0.2, 0.25) is 5.91 Å². The van der Waals surface area contributed by atoms with Crippen LogP contribution >= 0.6 is 0 Å². The van der Waals surface area contributed by atoms with Gasteiger partial charge in [-0.25, -0.2) is 4.99 Å². The molecule has 1 aromatic carbocycles. The van der Waals surface area contributed by atoms with Gasteiger partial charge in [0.25, 0.3) is 0 Å². The summed E-state index contributed by atoms with van der Waals surface area (Å²) in [5.74, 6) is 1.43. The first-order valence-corrected chi connectivity index (χ1v) is 8.74. The standard InChI is InChI=1S/C19H28N4O2/c1-5-6-11-20-19(21-13-18(24)23(3)4)22-14(2)17-12-15-9-7-8-10-16(15)25-17/h7-10,12,14H,5-6,11,13H2,1-4H3,(H2,20,21,22).